The molecule has 3 aromatic rings. The molecule has 0 amide bonds. The van der Waals surface area contributed by atoms with E-state index < -0.39 is 17.7 Å². The molecule has 45 heavy (non-hydrogen) atoms. The standard InChI is InChI=1S/C34H47ClN4O6/c1-21-16-27-24(17-26(21)35)19-42-20-25-18-28-36-23(3)29(30(32(40)41)45-33(4,5)6)31(39(28)37-25)38-13-11-34(7,12-14-38)43-15-9-8-10-22(2)44-27/h16-18,22,30H,8-15,19-20H2,1-7H3,(H,40,41)/t22-,30-/m0/s1. The molecule has 2 atom stereocenters. The molecule has 246 valence electrons. The van der Waals surface area contributed by atoms with Crippen LogP contribution in [-0.2, 0) is 32.2 Å². The lowest BCUT2D eigenvalue weighted by atomic mass is 9.92. The van der Waals surface area contributed by atoms with Gasteiger partial charge in [0, 0.05) is 42.0 Å². The number of benzene rings is 1. The van der Waals surface area contributed by atoms with Crippen LogP contribution in [0.25, 0.3) is 5.65 Å². The van der Waals surface area contributed by atoms with Gasteiger partial charge in [-0.2, -0.15) is 9.61 Å². The molecule has 10 nitrogen and oxygen atoms in total. The van der Waals surface area contributed by atoms with E-state index in [0.717, 1.165) is 49.0 Å². The zero-order valence-corrected chi connectivity index (χ0v) is 28.4. The summed E-state index contributed by atoms with van der Waals surface area (Å²) in [5.41, 5.74) is 3.26. The van der Waals surface area contributed by atoms with Gasteiger partial charge in [-0.15, -0.1) is 0 Å². The normalized spacial score (nSPS) is 22.7. The van der Waals surface area contributed by atoms with Crippen LogP contribution in [0, 0.1) is 13.8 Å². The zero-order chi connectivity index (χ0) is 32.5. The number of aryl methyl sites for hydroxylation is 2. The van der Waals surface area contributed by atoms with Crippen LogP contribution >= 0.6 is 11.6 Å². The van der Waals surface area contributed by atoms with Crippen molar-refractivity contribution in [2.45, 2.75) is 117 Å². The SMILES string of the molecule is Cc1cc2c(cc1Cl)COCc1cc3nc(C)c([C@H](OC(C)(C)C)C(=O)O)c(n3n1)N1CCC(C)(CC1)OCCCC[C@H](C)O2. The Labute approximate surface area is 271 Å². The Kier molecular flexibility index (Phi) is 9.99. The van der Waals surface area contributed by atoms with Crippen LogP contribution in [0.3, 0.4) is 0 Å². The smallest absolute Gasteiger partial charge is 0.337 e. The van der Waals surface area contributed by atoms with Crippen molar-refractivity contribution in [3.63, 3.8) is 0 Å². The van der Waals surface area contributed by atoms with Gasteiger partial charge >= 0.3 is 5.97 Å². The van der Waals surface area contributed by atoms with E-state index in [1.54, 1.807) is 4.52 Å². The van der Waals surface area contributed by atoms with E-state index in [0.29, 0.717) is 59.7 Å². The average molecular weight is 643 g/mol. The molecule has 2 aromatic heterocycles. The first-order valence-electron chi connectivity index (χ1n) is 15.9. The van der Waals surface area contributed by atoms with Crippen LogP contribution in [0.2, 0.25) is 5.02 Å². The molecule has 0 spiro atoms. The quantitative estimate of drug-likeness (QED) is 0.324. The highest BCUT2D eigenvalue weighted by Crippen LogP contribution is 2.38. The Balaban J connectivity index is 1.56. The number of aromatic nitrogens is 3. The third-order valence-electron chi connectivity index (χ3n) is 8.57. The maximum absolute atomic E-state index is 12.7. The van der Waals surface area contributed by atoms with Crippen LogP contribution in [0.5, 0.6) is 5.75 Å². The lowest BCUT2D eigenvalue weighted by molar-refractivity contribution is -0.160. The van der Waals surface area contributed by atoms with Crippen molar-refractivity contribution in [3.8, 4) is 5.75 Å². The lowest BCUT2D eigenvalue weighted by Gasteiger charge is -2.41. The molecule has 0 unspecified atom stereocenters. The van der Waals surface area contributed by atoms with Gasteiger partial charge in [-0.05, 0) is 98.3 Å². The number of aliphatic carboxylic acids is 1. The van der Waals surface area contributed by atoms with E-state index in [1.807, 2.05) is 52.8 Å². The summed E-state index contributed by atoms with van der Waals surface area (Å²) in [6.07, 6.45) is 3.25. The molecule has 11 heteroatoms. The van der Waals surface area contributed by atoms with Crippen molar-refractivity contribution in [2.75, 3.05) is 24.6 Å². The Morgan fingerprint density at radius 2 is 1.89 bits per heavy atom. The molecule has 3 aliphatic heterocycles. The van der Waals surface area contributed by atoms with E-state index in [-0.39, 0.29) is 18.3 Å². The van der Waals surface area contributed by atoms with Crippen molar-refractivity contribution in [3.05, 3.63) is 51.3 Å². The first-order chi connectivity index (χ1) is 21.2. The summed E-state index contributed by atoms with van der Waals surface area (Å²) in [5.74, 6) is 0.388. The van der Waals surface area contributed by atoms with Crippen LogP contribution in [0.4, 0.5) is 5.82 Å². The fourth-order valence-corrected chi connectivity index (χ4v) is 6.26. The number of ether oxygens (including phenoxy) is 4. The Morgan fingerprint density at radius 1 is 1.16 bits per heavy atom. The maximum Gasteiger partial charge on any atom is 0.337 e. The number of nitrogens with zero attached hydrogens (tertiary/aromatic N) is 4. The van der Waals surface area contributed by atoms with E-state index in [1.165, 1.54) is 0 Å². The highest BCUT2D eigenvalue weighted by Gasteiger charge is 2.37. The van der Waals surface area contributed by atoms with Gasteiger partial charge in [0.05, 0.1) is 41.8 Å². The maximum atomic E-state index is 12.7. The predicted octanol–water partition coefficient (Wildman–Crippen LogP) is 6.98. The highest BCUT2D eigenvalue weighted by molar-refractivity contribution is 6.31. The molecule has 0 saturated carbocycles. The van der Waals surface area contributed by atoms with Crippen molar-refractivity contribution >= 4 is 29.0 Å². The zero-order valence-electron chi connectivity index (χ0n) is 27.6. The molecule has 3 aliphatic rings. The topological polar surface area (TPSA) is 108 Å². The van der Waals surface area contributed by atoms with Gasteiger partial charge in [0.1, 0.15) is 11.6 Å². The summed E-state index contributed by atoms with van der Waals surface area (Å²) < 4.78 is 26.9. The number of anilines is 1. The van der Waals surface area contributed by atoms with Gasteiger partial charge < -0.3 is 29.0 Å². The molecule has 1 fully saturated rings. The lowest BCUT2D eigenvalue weighted by Crippen LogP contribution is -2.46. The minimum Gasteiger partial charge on any atom is -0.490 e. The second-order valence-corrected chi connectivity index (χ2v) is 14.1. The van der Waals surface area contributed by atoms with Gasteiger partial charge in [-0.25, -0.2) is 9.78 Å². The monoisotopic (exact) mass is 642 g/mol. The molecule has 6 rings (SSSR count). The van der Waals surface area contributed by atoms with Gasteiger partial charge in [0.15, 0.2) is 11.8 Å². The largest absolute Gasteiger partial charge is 0.490 e. The minimum absolute atomic E-state index is 0.0333. The predicted molar refractivity (Wildman–Crippen MR) is 173 cm³/mol. The summed E-state index contributed by atoms with van der Waals surface area (Å²) >= 11 is 6.50. The number of carboxylic acid groups (broad SMARTS) is 1. The summed E-state index contributed by atoms with van der Waals surface area (Å²) in [7, 11) is 0. The Hall–Kier alpha value is -2.92. The molecule has 4 bridgehead atoms. The fourth-order valence-electron chi connectivity index (χ4n) is 6.08. The molecular weight excluding hydrogens is 596 g/mol. The molecule has 1 aromatic carbocycles. The summed E-state index contributed by atoms with van der Waals surface area (Å²) in [5, 5.41) is 15.9. The van der Waals surface area contributed by atoms with Crippen LogP contribution in [0.15, 0.2) is 18.2 Å². The molecule has 0 radical (unpaired) electrons. The van der Waals surface area contributed by atoms with Crippen LogP contribution < -0.4 is 9.64 Å². The number of fused-ring (bicyclic) bond motifs is 10. The van der Waals surface area contributed by atoms with Crippen LogP contribution in [0.1, 0.15) is 101 Å². The second kappa shape index (κ2) is 13.4. The number of halogens is 1. The van der Waals surface area contributed by atoms with E-state index >= 15 is 0 Å². The van der Waals surface area contributed by atoms with Crippen molar-refractivity contribution in [1.82, 2.24) is 14.6 Å². The number of rotatable bonds is 3. The number of hydrogen-bond donors (Lipinski definition) is 1. The van der Waals surface area contributed by atoms with Crippen molar-refractivity contribution in [1.29, 1.82) is 0 Å². The van der Waals surface area contributed by atoms with E-state index in [2.05, 4.69) is 18.7 Å². The van der Waals surface area contributed by atoms with Gasteiger partial charge in [-0.1, -0.05) is 11.6 Å². The Bertz CT molecular complexity index is 1530. The van der Waals surface area contributed by atoms with Crippen molar-refractivity contribution in [2.24, 2.45) is 0 Å². The van der Waals surface area contributed by atoms with Crippen molar-refractivity contribution < 1.29 is 28.8 Å². The summed E-state index contributed by atoms with van der Waals surface area (Å²) in [6.45, 7) is 16.2. The third-order valence-corrected chi connectivity index (χ3v) is 8.97. The molecule has 1 saturated heterocycles. The minimum atomic E-state index is -1.22. The summed E-state index contributed by atoms with van der Waals surface area (Å²) in [4.78, 5) is 19.7. The van der Waals surface area contributed by atoms with E-state index in [9.17, 15) is 9.90 Å². The molecule has 5 heterocycles. The number of carboxylic acids is 1. The van der Waals surface area contributed by atoms with Gasteiger partial charge in [0.2, 0.25) is 0 Å². The molecule has 0 aliphatic carbocycles. The molecule has 1 N–H and O–H groups in total. The highest BCUT2D eigenvalue weighted by atomic mass is 35.5. The van der Waals surface area contributed by atoms with E-state index in [4.69, 9.17) is 40.6 Å². The first-order valence-corrected chi connectivity index (χ1v) is 16.3. The number of piperidine rings is 1. The van der Waals surface area contributed by atoms with Gasteiger partial charge in [-0.3, -0.25) is 0 Å². The fraction of sp³-hybridized carbons (Fsp3) is 0.618. The summed E-state index contributed by atoms with van der Waals surface area (Å²) in [6, 6.07) is 5.77. The number of carbonyl (C=O) groups is 1. The average Bonchev–Trinajstić information content (AvgIpc) is 3.35. The molecular formula is C34H47ClN4O6. The third kappa shape index (κ3) is 7.91. The van der Waals surface area contributed by atoms with Gasteiger partial charge in [0.25, 0.3) is 0 Å². The van der Waals surface area contributed by atoms with Crippen LogP contribution in [-0.4, -0.2) is 62.7 Å². The second-order valence-electron chi connectivity index (χ2n) is 13.7. The Morgan fingerprint density at radius 3 is 2.58 bits per heavy atom. The number of hydrogen-bond acceptors (Lipinski definition) is 8. The first kappa shape index (κ1) is 33.4.